The fourth-order valence-electron chi connectivity index (χ4n) is 1.85. The maximum absolute atomic E-state index is 8.72. The molecule has 1 aromatic carbocycles. The van der Waals surface area contributed by atoms with E-state index in [4.69, 9.17) is 5.26 Å². The van der Waals surface area contributed by atoms with E-state index in [1.165, 1.54) is 11.1 Å². The van der Waals surface area contributed by atoms with Crippen molar-refractivity contribution in [3.05, 3.63) is 59.9 Å². The van der Waals surface area contributed by atoms with Gasteiger partial charge in [-0.1, -0.05) is 43.3 Å². The first kappa shape index (κ1) is 14.0. The molecule has 3 nitrogen and oxygen atoms in total. The molecule has 0 aliphatic heterocycles. The number of allylic oxidation sites excluding steroid dienone is 1. The molecule has 1 aromatic heterocycles. The van der Waals surface area contributed by atoms with E-state index in [2.05, 4.69) is 35.6 Å². The first-order valence-electron chi connectivity index (χ1n) is 6.71. The number of benzene rings is 1. The molecule has 0 radical (unpaired) electrons. The predicted molar refractivity (Wildman–Crippen MR) is 79.9 cm³/mol. The summed E-state index contributed by atoms with van der Waals surface area (Å²) in [5, 5.41) is 8.72. The molecule has 0 saturated carbocycles. The zero-order valence-electron chi connectivity index (χ0n) is 11.6. The molecule has 20 heavy (non-hydrogen) atoms. The average Bonchev–Trinajstić information content (AvgIpc) is 2.53. The maximum Gasteiger partial charge on any atom is 0.159 e. The van der Waals surface area contributed by atoms with E-state index in [0.717, 1.165) is 24.8 Å². The Kier molecular flexibility index (Phi) is 4.62. The molecule has 0 aliphatic rings. The summed E-state index contributed by atoms with van der Waals surface area (Å²) >= 11 is 0. The fourth-order valence-corrected chi connectivity index (χ4v) is 1.85. The minimum Gasteiger partial charge on any atom is -0.235 e. The van der Waals surface area contributed by atoms with Gasteiger partial charge in [0.05, 0.1) is 5.56 Å². The Morgan fingerprint density at radius 2 is 1.85 bits per heavy atom. The van der Waals surface area contributed by atoms with Gasteiger partial charge < -0.3 is 0 Å². The summed E-state index contributed by atoms with van der Waals surface area (Å²) in [7, 11) is 0. The molecule has 3 heteroatoms. The second-order valence-corrected chi connectivity index (χ2v) is 4.71. The third-order valence-corrected chi connectivity index (χ3v) is 3.26. The number of hydrogen-bond donors (Lipinski definition) is 0. The van der Waals surface area contributed by atoms with Gasteiger partial charge in [-0.3, -0.25) is 0 Å². The molecule has 0 fully saturated rings. The second kappa shape index (κ2) is 6.63. The molecule has 0 aliphatic carbocycles. The van der Waals surface area contributed by atoms with Crippen molar-refractivity contribution in [1.29, 1.82) is 5.26 Å². The van der Waals surface area contributed by atoms with Gasteiger partial charge in [-0.25, -0.2) is 9.97 Å². The monoisotopic (exact) mass is 263 g/mol. The summed E-state index contributed by atoms with van der Waals surface area (Å²) in [6.45, 7) is 6.16. The van der Waals surface area contributed by atoms with Gasteiger partial charge in [0.15, 0.2) is 5.82 Å². The number of hydrogen-bond acceptors (Lipinski definition) is 3. The van der Waals surface area contributed by atoms with Gasteiger partial charge in [0.25, 0.3) is 0 Å². The third kappa shape index (κ3) is 3.52. The van der Waals surface area contributed by atoms with Gasteiger partial charge in [0.2, 0.25) is 0 Å². The SMILES string of the molecule is C=C(CC)CCc1ccc(-c2ncc(C#N)cn2)cc1. The highest BCUT2D eigenvalue weighted by atomic mass is 14.9. The van der Waals surface area contributed by atoms with E-state index in [1.54, 1.807) is 12.4 Å². The van der Waals surface area contributed by atoms with E-state index in [0.29, 0.717) is 11.4 Å². The van der Waals surface area contributed by atoms with Crippen LogP contribution in [0.5, 0.6) is 0 Å². The van der Waals surface area contributed by atoms with Crippen LogP contribution in [-0.2, 0) is 6.42 Å². The highest BCUT2D eigenvalue weighted by molar-refractivity contribution is 5.55. The highest BCUT2D eigenvalue weighted by Crippen LogP contribution is 2.17. The highest BCUT2D eigenvalue weighted by Gasteiger charge is 2.02. The molecular formula is C17H17N3. The van der Waals surface area contributed by atoms with E-state index in [-0.39, 0.29) is 0 Å². The largest absolute Gasteiger partial charge is 0.235 e. The minimum absolute atomic E-state index is 0.475. The molecule has 2 aromatic rings. The van der Waals surface area contributed by atoms with E-state index < -0.39 is 0 Å². The Hall–Kier alpha value is -2.47. The van der Waals surface area contributed by atoms with Crippen LogP contribution in [0, 0.1) is 11.3 Å². The molecule has 100 valence electrons. The van der Waals surface area contributed by atoms with Crippen LogP contribution in [0.25, 0.3) is 11.4 Å². The van der Waals surface area contributed by atoms with Gasteiger partial charge in [0.1, 0.15) is 6.07 Å². The Morgan fingerprint density at radius 1 is 1.20 bits per heavy atom. The summed E-state index contributed by atoms with van der Waals surface area (Å²) in [5.74, 6) is 0.647. The molecule has 0 bridgehead atoms. The van der Waals surface area contributed by atoms with Crippen LogP contribution in [0.2, 0.25) is 0 Å². The van der Waals surface area contributed by atoms with Gasteiger partial charge in [-0.05, 0) is 24.8 Å². The maximum atomic E-state index is 8.72. The summed E-state index contributed by atoms with van der Waals surface area (Å²) in [5.41, 5.74) is 4.01. The van der Waals surface area contributed by atoms with Crippen LogP contribution in [0.1, 0.15) is 30.9 Å². The van der Waals surface area contributed by atoms with Crippen LogP contribution < -0.4 is 0 Å². The van der Waals surface area contributed by atoms with Crippen LogP contribution in [-0.4, -0.2) is 9.97 Å². The number of nitrogens with zero attached hydrogens (tertiary/aromatic N) is 3. The zero-order chi connectivity index (χ0) is 14.4. The lowest BCUT2D eigenvalue weighted by molar-refractivity contribution is 0.890. The molecule has 0 saturated heterocycles. The van der Waals surface area contributed by atoms with Crippen molar-refractivity contribution in [2.75, 3.05) is 0 Å². The number of aromatic nitrogens is 2. The lowest BCUT2D eigenvalue weighted by Gasteiger charge is -2.04. The van der Waals surface area contributed by atoms with Crippen molar-refractivity contribution in [1.82, 2.24) is 9.97 Å². The fraction of sp³-hybridized carbons (Fsp3) is 0.235. The normalized spacial score (nSPS) is 10.0. The Labute approximate surface area is 119 Å². The van der Waals surface area contributed by atoms with Crippen LogP contribution in [0.3, 0.4) is 0 Å². The van der Waals surface area contributed by atoms with Crippen LogP contribution in [0.4, 0.5) is 0 Å². The Bertz CT molecular complexity index is 619. The summed E-state index contributed by atoms with van der Waals surface area (Å²) in [6.07, 6.45) is 6.17. The standard InChI is InChI=1S/C17H17N3/c1-3-13(2)4-5-14-6-8-16(9-7-14)17-19-11-15(10-18)12-20-17/h6-9,11-12H,2-5H2,1H3. The van der Waals surface area contributed by atoms with Crippen LogP contribution >= 0.6 is 0 Å². The van der Waals surface area contributed by atoms with Crippen molar-refractivity contribution in [2.24, 2.45) is 0 Å². The zero-order valence-corrected chi connectivity index (χ0v) is 11.6. The molecule has 0 spiro atoms. The van der Waals surface area contributed by atoms with Gasteiger partial charge in [0, 0.05) is 18.0 Å². The summed E-state index contributed by atoms with van der Waals surface area (Å²) in [4.78, 5) is 8.38. The average molecular weight is 263 g/mol. The molecule has 0 amide bonds. The van der Waals surface area contributed by atoms with E-state index in [1.807, 2.05) is 18.2 Å². The number of rotatable bonds is 5. The van der Waals surface area contributed by atoms with Gasteiger partial charge in [-0.2, -0.15) is 5.26 Å². The Morgan fingerprint density at radius 3 is 2.40 bits per heavy atom. The molecular weight excluding hydrogens is 246 g/mol. The van der Waals surface area contributed by atoms with E-state index >= 15 is 0 Å². The topological polar surface area (TPSA) is 49.6 Å². The molecule has 0 atom stereocenters. The van der Waals surface area contributed by atoms with Crippen molar-refractivity contribution in [2.45, 2.75) is 26.2 Å². The number of nitriles is 1. The lowest BCUT2D eigenvalue weighted by Crippen LogP contribution is -1.91. The predicted octanol–water partition coefficient (Wildman–Crippen LogP) is 3.91. The van der Waals surface area contributed by atoms with Crippen molar-refractivity contribution >= 4 is 0 Å². The Balaban J connectivity index is 2.07. The smallest absolute Gasteiger partial charge is 0.159 e. The van der Waals surface area contributed by atoms with Crippen LogP contribution in [0.15, 0.2) is 48.8 Å². The molecule has 2 rings (SSSR count). The van der Waals surface area contributed by atoms with Gasteiger partial charge in [-0.15, -0.1) is 0 Å². The quantitative estimate of drug-likeness (QED) is 0.768. The van der Waals surface area contributed by atoms with Crippen molar-refractivity contribution in [3.63, 3.8) is 0 Å². The van der Waals surface area contributed by atoms with Gasteiger partial charge >= 0.3 is 0 Å². The number of aryl methyl sites for hydroxylation is 1. The van der Waals surface area contributed by atoms with Crippen molar-refractivity contribution < 1.29 is 0 Å². The second-order valence-electron chi connectivity index (χ2n) is 4.71. The first-order chi connectivity index (χ1) is 9.72. The first-order valence-corrected chi connectivity index (χ1v) is 6.71. The molecule has 0 unspecified atom stereocenters. The summed E-state index contributed by atoms with van der Waals surface area (Å²) in [6, 6.07) is 10.2. The van der Waals surface area contributed by atoms with E-state index in [9.17, 15) is 0 Å². The minimum atomic E-state index is 0.475. The lowest BCUT2D eigenvalue weighted by atomic mass is 10.0. The third-order valence-electron chi connectivity index (χ3n) is 3.26. The summed E-state index contributed by atoms with van der Waals surface area (Å²) < 4.78 is 0. The molecule has 0 N–H and O–H groups in total. The molecule has 1 heterocycles. The van der Waals surface area contributed by atoms with Crippen molar-refractivity contribution in [3.8, 4) is 17.5 Å².